The lowest BCUT2D eigenvalue weighted by atomic mass is 9.92. The second-order valence-corrected chi connectivity index (χ2v) is 6.16. The zero-order valence-electron chi connectivity index (χ0n) is 9.70. The second-order valence-electron chi connectivity index (χ2n) is 4.20. The van der Waals surface area contributed by atoms with E-state index in [1.807, 2.05) is 0 Å². The third kappa shape index (κ3) is 2.40. The molecule has 1 heterocycles. The third-order valence-corrected chi connectivity index (χ3v) is 5.55. The maximum absolute atomic E-state index is 5.32. The van der Waals surface area contributed by atoms with Crippen molar-refractivity contribution in [3.8, 4) is 5.75 Å². The SMILES string of the molecule is COc1ccc2c(c1)C(C)CCSC2CBr. The molecule has 1 aliphatic rings. The van der Waals surface area contributed by atoms with Gasteiger partial charge in [0.05, 0.1) is 7.11 Å². The summed E-state index contributed by atoms with van der Waals surface area (Å²) in [5, 5.41) is 1.62. The molecule has 0 bridgehead atoms. The van der Waals surface area contributed by atoms with Crippen LogP contribution in [0.1, 0.15) is 35.6 Å². The number of alkyl halides is 1. The third-order valence-electron chi connectivity index (χ3n) is 3.18. The summed E-state index contributed by atoms with van der Waals surface area (Å²) in [6.07, 6.45) is 1.26. The van der Waals surface area contributed by atoms with Crippen LogP contribution in [0.5, 0.6) is 5.75 Å². The van der Waals surface area contributed by atoms with Crippen LogP contribution in [0.2, 0.25) is 0 Å². The summed E-state index contributed by atoms with van der Waals surface area (Å²) in [5.74, 6) is 2.86. The van der Waals surface area contributed by atoms with Crippen molar-refractivity contribution in [2.45, 2.75) is 24.5 Å². The van der Waals surface area contributed by atoms with Crippen molar-refractivity contribution in [2.75, 3.05) is 18.2 Å². The van der Waals surface area contributed by atoms with E-state index in [4.69, 9.17) is 4.74 Å². The van der Waals surface area contributed by atoms with Gasteiger partial charge in [0.15, 0.2) is 0 Å². The molecule has 2 unspecified atom stereocenters. The van der Waals surface area contributed by atoms with E-state index < -0.39 is 0 Å². The van der Waals surface area contributed by atoms with Crippen molar-refractivity contribution in [3.05, 3.63) is 29.3 Å². The number of halogens is 1. The van der Waals surface area contributed by atoms with Gasteiger partial charge in [0.2, 0.25) is 0 Å². The van der Waals surface area contributed by atoms with Crippen LogP contribution in [0.25, 0.3) is 0 Å². The largest absolute Gasteiger partial charge is 0.497 e. The summed E-state index contributed by atoms with van der Waals surface area (Å²) in [4.78, 5) is 0. The Hall–Kier alpha value is -0.150. The Labute approximate surface area is 110 Å². The van der Waals surface area contributed by atoms with E-state index in [0.29, 0.717) is 11.2 Å². The van der Waals surface area contributed by atoms with Crippen LogP contribution in [0.15, 0.2) is 18.2 Å². The van der Waals surface area contributed by atoms with E-state index in [-0.39, 0.29) is 0 Å². The number of ether oxygens (including phenoxy) is 1. The molecular formula is C13H17BrOS. The van der Waals surface area contributed by atoms with Crippen molar-refractivity contribution < 1.29 is 4.74 Å². The summed E-state index contributed by atoms with van der Waals surface area (Å²) >= 11 is 5.68. The molecule has 0 aromatic heterocycles. The first-order valence-corrected chi connectivity index (χ1v) is 7.78. The van der Waals surface area contributed by atoms with Crippen molar-refractivity contribution in [1.82, 2.24) is 0 Å². The Balaban J connectivity index is 2.44. The van der Waals surface area contributed by atoms with Gasteiger partial charge in [-0.3, -0.25) is 0 Å². The van der Waals surface area contributed by atoms with E-state index in [1.165, 1.54) is 23.3 Å². The fraction of sp³-hybridized carbons (Fsp3) is 0.538. The highest BCUT2D eigenvalue weighted by molar-refractivity contribution is 9.09. The van der Waals surface area contributed by atoms with Gasteiger partial charge in [0.1, 0.15) is 5.75 Å². The van der Waals surface area contributed by atoms with Gasteiger partial charge in [-0.25, -0.2) is 0 Å². The molecule has 16 heavy (non-hydrogen) atoms. The van der Waals surface area contributed by atoms with Gasteiger partial charge >= 0.3 is 0 Å². The van der Waals surface area contributed by atoms with Gasteiger partial charge in [0, 0.05) is 10.6 Å². The van der Waals surface area contributed by atoms with Gasteiger partial charge in [-0.15, -0.1) is 0 Å². The molecule has 0 aliphatic carbocycles. The quantitative estimate of drug-likeness (QED) is 0.750. The van der Waals surface area contributed by atoms with Crippen LogP contribution in [0, 0.1) is 0 Å². The summed E-state index contributed by atoms with van der Waals surface area (Å²) in [6, 6.07) is 6.52. The maximum Gasteiger partial charge on any atom is 0.119 e. The zero-order chi connectivity index (χ0) is 11.5. The standard InChI is InChI=1S/C13H17BrOS/c1-9-5-6-16-13(8-14)11-4-3-10(15-2)7-12(9)11/h3-4,7,9,13H,5-6,8H2,1-2H3. The van der Waals surface area contributed by atoms with E-state index >= 15 is 0 Å². The number of hydrogen-bond donors (Lipinski definition) is 0. The molecule has 0 amide bonds. The Morgan fingerprint density at radius 3 is 2.94 bits per heavy atom. The molecule has 0 N–H and O–H groups in total. The minimum absolute atomic E-state index is 0.589. The molecule has 1 aromatic rings. The van der Waals surface area contributed by atoms with E-state index in [9.17, 15) is 0 Å². The molecule has 0 spiro atoms. The first-order chi connectivity index (χ1) is 7.76. The van der Waals surface area contributed by atoms with E-state index in [1.54, 1.807) is 7.11 Å². The Morgan fingerprint density at radius 1 is 1.44 bits per heavy atom. The van der Waals surface area contributed by atoms with Gasteiger partial charge in [0.25, 0.3) is 0 Å². The smallest absolute Gasteiger partial charge is 0.119 e. The van der Waals surface area contributed by atoms with Crippen LogP contribution in [0.3, 0.4) is 0 Å². The number of hydrogen-bond acceptors (Lipinski definition) is 2. The molecule has 0 fully saturated rings. The first kappa shape index (κ1) is 12.3. The minimum Gasteiger partial charge on any atom is -0.497 e. The molecule has 88 valence electrons. The Bertz CT molecular complexity index is 367. The lowest BCUT2D eigenvalue weighted by Crippen LogP contribution is -2.01. The second kappa shape index (κ2) is 5.46. The van der Waals surface area contributed by atoms with Crippen molar-refractivity contribution in [3.63, 3.8) is 0 Å². The van der Waals surface area contributed by atoms with Gasteiger partial charge < -0.3 is 4.74 Å². The highest BCUT2D eigenvalue weighted by Crippen LogP contribution is 2.42. The van der Waals surface area contributed by atoms with Crippen molar-refractivity contribution in [1.29, 1.82) is 0 Å². The first-order valence-electron chi connectivity index (χ1n) is 5.61. The predicted molar refractivity (Wildman–Crippen MR) is 75.0 cm³/mol. The van der Waals surface area contributed by atoms with Crippen molar-refractivity contribution in [2.24, 2.45) is 0 Å². The Kier molecular flexibility index (Phi) is 4.20. The number of thioether (sulfide) groups is 1. The van der Waals surface area contributed by atoms with Crippen LogP contribution >= 0.6 is 27.7 Å². The van der Waals surface area contributed by atoms with Gasteiger partial charge in [-0.05, 0) is 41.4 Å². The summed E-state index contributed by atoms with van der Waals surface area (Å²) in [7, 11) is 1.74. The van der Waals surface area contributed by atoms with Crippen LogP contribution < -0.4 is 4.74 Å². The summed E-state index contributed by atoms with van der Waals surface area (Å²) in [5.41, 5.74) is 2.95. The van der Waals surface area contributed by atoms with Crippen molar-refractivity contribution >= 4 is 27.7 Å². The van der Waals surface area contributed by atoms with Crippen LogP contribution in [0.4, 0.5) is 0 Å². The average molecular weight is 301 g/mol. The molecule has 1 nitrogen and oxygen atoms in total. The van der Waals surface area contributed by atoms with E-state index in [2.05, 4.69) is 52.8 Å². The van der Waals surface area contributed by atoms with E-state index in [0.717, 1.165) is 11.1 Å². The average Bonchev–Trinajstić information content (AvgIpc) is 2.48. The topological polar surface area (TPSA) is 9.23 Å². The fourth-order valence-electron chi connectivity index (χ4n) is 2.16. The summed E-state index contributed by atoms with van der Waals surface area (Å²) in [6.45, 7) is 2.31. The summed E-state index contributed by atoms with van der Waals surface area (Å²) < 4.78 is 5.32. The van der Waals surface area contributed by atoms with Gasteiger partial charge in [-0.1, -0.05) is 28.9 Å². The molecule has 0 radical (unpaired) electrons. The zero-order valence-corrected chi connectivity index (χ0v) is 12.1. The molecule has 0 saturated carbocycles. The maximum atomic E-state index is 5.32. The lowest BCUT2D eigenvalue weighted by molar-refractivity contribution is 0.413. The molecule has 3 heteroatoms. The number of fused-ring (bicyclic) bond motifs is 1. The highest BCUT2D eigenvalue weighted by atomic mass is 79.9. The Morgan fingerprint density at radius 2 is 2.25 bits per heavy atom. The lowest BCUT2D eigenvalue weighted by Gasteiger charge is -2.17. The molecular weight excluding hydrogens is 284 g/mol. The van der Waals surface area contributed by atoms with Crippen LogP contribution in [-0.4, -0.2) is 18.2 Å². The van der Waals surface area contributed by atoms with Crippen LogP contribution in [-0.2, 0) is 0 Å². The fourth-order valence-corrected chi connectivity index (χ4v) is 4.33. The monoisotopic (exact) mass is 300 g/mol. The molecule has 1 aromatic carbocycles. The minimum atomic E-state index is 0.589. The molecule has 0 saturated heterocycles. The number of methoxy groups -OCH3 is 1. The molecule has 1 aliphatic heterocycles. The highest BCUT2D eigenvalue weighted by Gasteiger charge is 2.22. The molecule has 2 atom stereocenters. The number of benzene rings is 1. The predicted octanol–water partition coefficient (Wildman–Crippen LogP) is 4.37. The van der Waals surface area contributed by atoms with Gasteiger partial charge in [-0.2, -0.15) is 11.8 Å². The number of rotatable bonds is 2. The normalized spacial score (nSPS) is 24.7. The molecule has 2 rings (SSSR count).